The van der Waals surface area contributed by atoms with Crippen LogP contribution in [0.25, 0.3) is 11.0 Å². The summed E-state index contributed by atoms with van der Waals surface area (Å²) in [5, 5.41) is 11.6. The molecule has 0 fully saturated rings. The van der Waals surface area contributed by atoms with Gasteiger partial charge in [0, 0.05) is 6.54 Å². The quantitative estimate of drug-likeness (QED) is 0.826. The molecule has 0 saturated carbocycles. The number of fused-ring (bicyclic) bond motifs is 1. The maximum atomic E-state index is 10.6. The third-order valence-electron chi connectivity index (χ3n) is 2.46. The fourth-order valence-corrected chi connectivity index (χ4v) is 1.43. The predicted octanol–water partition coefficient (Wildman–Crippen LogP) is 1.19. The number of para-hydroxylation sites is 2. The largest absolute Gasteiger partial charge is 0.480 e. The van der Waals surface area contributed by atoms with Crippen LogP contribution >= 0.6 is 0 Å². The fourth-order valence-electron chi connectivity index (χ4n) is 1.43. The molecule has 1 unspecified atom stereocenters. The number of carboxylic acids is 1. The molecule has 0 amide bonds. The van der Waals surface area contributed by atoms with Crippen molar-refractivity contribution in [3.05, 3.63) is 36.2 Å². The molecular formula is C12H13N3O2. The van der Waals surface area contributed by atoms with Crippen molar-refractivity contribution in [2.24, 2.45) is 0 Å². The minimum Gasteiger partial charge on any atom is -0.480 e. The average molecular weight is 231 g/mol. The van der Waals surface area contributed by atoms with Gasteiger partial charge in [0.2, 0.25) is 0 Å². The number of aliphatic carboxylic acids is 1. The van der Waals surface area contributed by atoms with Crippen molar-refractivity contribution in [3.8, 4) is 0 Å². The van der Waals surface area contributed by atoms with E-state index in [9.17, 15) is 4.79 Å². The predicted molar refractivity (Wildman–Crippen MR) is 63.5 cm³/mol. The summed E-state index contributed by atoms with van der Waals surface area (Å²) < 4.78 is 0. The van der Waals surface area contributed by atoms with Crippen molar-refractivity contribution in [1.82, 2.24) is 15.3 Å². The van der Waals surface area contributed by atoms with E-state index in [1.807, 2.05) is 24.3 Å². The Balaban J connectivity index is 2.12. The van der Waals surface area contributed by atoms with E-state index < -0.39 is 12.0 Å². The molecule has 2 rings (SSSR count). The normalized spacial score (nSPS) is 12.5. The van der Waals surface area contributed by atoms with Crippen LogP contribution in [0, 0.1) is 0 Å². The SMILES string of the molecule is CC(NCc1cnc2ccccc2n1)C(=O)O. The number of hydrogen-bond donors (Lipinski definition) is 2. The smallest absolute Gasteiger partial charge is 0.320 e. The molecule has 5 nitrogen and oxygen atoms in total. The van der Waals surface area contributed by atoms with Crippen LogP contribution in [0.4, 0.5) is 0 Å². The Hall–Kier alpha value is -2.01. The monoisotopic (exact) mass is 231 g/mol. The molecule has 1 aromatic heterocycles. The number of carbonyl (C=O) groups is 1. The highest BCUT2D eigenvalue weighted by molar-refractivity contribution is 5.74. The zero-order chi connectivity index (χ0) is 12.3. The Labute approximate surface area is 98.5 Å². The van der Waals surface area contributed by atoms with Crippen LogP contribution in [0.1, 0.15) is 12.6 Å². The van der Waals surface area contributed by atoms with Gasteiger partial charge in [-0.2, -0.15) is 0 Å². The van der Waals surface area contributed by atoms with E-state index in [1.165, 1.54) is 0 Å². The van der Waals surface area contributed by atoms with E-state index in [4.69, 9.17) is 5.11 Å². The van der Waals surface area contributed by atoms with Gasteiger partial charge >= 0.3 is 5.97 Å². The van der Waals surface area contributed by atoms with Gasteiger partial charge in [-0.05, 0) is 19.1 Å². The van der Waals surface area contributed by atoms with Crippen molar-refractivity contribution in [1.29, 1.82) is 0 Å². The van der Waals surface area contributed by atoms with Crippen molar-refractivity contribution >= 4 is 17.0 Å². The van der Waals surface area contributed by atoms with E-state index in [0.717, 1.165) is 16.7 Å². The molecule has 0 bridgehead atoms. The second-order valence-corrected chi connectivity index (χ2v) is 3.79. The van der Waals surface area contributed by atoms with Gasteiger partial charge in [-0.3, -0.25) is 15.1 Å². The van der Waals surface area contributed by atoms with Gasteiger partial charge in [0.05, 0.1) is 22.9 Å². The van der Waals surface area contributed by atoms with E-state index in [0.29, 0.717) is 6.54 Å². The first-order chi connectivity index (χ1) is 8.16. The minimum absolute atomic E-state index is 0.394. The van der Waals surface area contributed by atoms with E-state index in [1.54, 1.807) is 13.1 Å². The summed E-state index contributed by atoms with van der Waals surface area (Å²) in [5.74, 6) is -0.876. The Kier molecular flexibility index (Phi) is 3.30. The lowest BCUT2D eigenvalue weighted by Gasteiger charge is -2.08. The highest BCUT2D eigenvalue weighted by atomic mass is 16.4. The van der Waals surface area contributed by atoms with Gasteiger partial charge in [0.15, 0.2) is 0 Å². The van der Waals surface area contributed by atoms with Gasteiger partial charge in [-0.1, -0.05) is 12.1 Å². The van der Waals surface area contributed by atoms with Gasteiger partial charge in [-0.15, -0.1) is 0 Å². The average Bonchev–Trinajstić information content (AvgIpc) is 2.35. The third-order valence-corrected chi connectivity index (χ3v) is 2.46. The van der Waals surface area contributed by atoms with E-state index in [-0.39, 0.29) is 0 Å². The summed E-state index contributed by atoms with van der Waals surface area (Å²) in [7, 11) is 0. The molecule has 2 aromatic rings. The highest BCUT2D eigenvalue weighted by Crippen LogP contribution is 2.08. The molecule has 88 valence electrons. The van der Waals surface area contributed by atoms with Crippen LogP contribution in [0.5, 0.6) is 0 Å². The van der Waals surface area contributed by atoms with Crippen LogP contribution in [0.3, 0.4) is 0 Å². The zero-order valence-corrected chi connectivity index (χ0v) is 9.42. The van der Waals surface area contributed by atoms with Gasteiger partial charge in [0.25, 0.3) is 0 Å². The first-order valence-electron chi connectivity index (χ1n) is 5.33. The minimum atomic E-state index is -0.876. The van der Waals surface area contributed by atoms with E-state index >= 15 is 0 Å². The topological polar surface area (TPSA) is 75.1 Å². The molecule has 0 aliphatic carbocycles. The molecule has 0 aliphatic rings. The molecule has 1 atom stereocenters. The Bertz CT molecular complexity index is 542. The molecule has 17 heavy (non-hydrogen) atoms. The Morgan fingerprint density at radius 1 is 1.41 bits per heavy atom. The summed E-state index contributed by atoms with van der Waals surface area (Å²) in [4.78, 5) is 19.3. The number of rotatable bonds is 4. The zero-order valence-electron chi connectivity index (χ0n) is 9.42. The summed E-state index contributed by atoms with van der Waals surface area (Å²) >= 11 is 0. The lowest BCUT2D eigenvalue weighted by Crippen LogP contribution is -2.33. The number of aromatic nitrogens is 2. The number of benzene rings is 1. The molecule has 1 aromatic carbocycles. The molecule has 1 heterocycles. The number of nitrogens with one attached hydrogen (secondary N) is 1. The highest BCUT2D eigenvalue weighted by Gasteiger charge is 2.09. The maximum absolute atomic E-state index is 10.6. The third kappa shape index (κ3) is 2.76. The van der Waals surface area contributed by atoms with Crippen molar-refractivity contribution in [3.63, 3.8) is 0 Å². The molecule has 0 saturated heterocycles. The summed E-state index contributed by atoms with van der Waals surface area (Å²) in [5.41, 5.74) is 2.38. The first kappa shape index (κ1) is 11.5. The van der Waals surface area contributed by atoms with Crippen molar-refractivity contribution in [2.75, 3.05) is 0 Å². The molecule has 0 spiro atoms. The number of carboxylic acid groups (broad SMARTS) is 1. The summed E-state index contributed by atoms with van der Waals surface area (Å²) in [6, 6.07) is 6.98. The second-order valence-electron chi connectivity index (χ2n) is 3.79. The Morgan fingerprint density at radius 2 is 2.12 bits per heavy atom. The first-order valence-corrected chi connectivity index (χ1v) is 5.33. The van der Waals surface area contributed by atoms with Crippen molar-refractivity contribution < 1.29 is 9.90 Å². The van der Waals surface area contributed by atoms with E-state index in [2.05, 4.69) is 15.3 Å². The standard InChI is InChI=1S/C12H13N3O2/c1-8(12(16)17)13-6-9-7-14-10-4-2-3-5-11(10)15-9/h2-5,7-8,13H,6H2,1H3,(H,16,17). The van der Waals surface area contributed by atoms with Crippen LogP contribution in [-0.2, 0) is 11.3 Å². The van der Waals surface area contributed by atoms with Gasteiger partial charge in [-0.25, -0.2) is 4.98 Å². The van der Waals surface area contributed by atoms with Crippen LogP contribution in [0.2, 0.25) is 0 Å². The fraction of sp³-hybridized carbons (Fsp3) is 0.250. The van der Waals surface area contributed by atoms with Crippen LogP contribution < -0.4 is 5.32 Å². The molecule has 2 N–H and O–H groups in total. The Morgan fingerprint density at radius 3 is 2.82 bits per heavy atom. The molecule has 0 radical (unpaired) electrons. The lowest BCUT2D eigenvalue weighted by atomic mass is 10.3. The number of nitrogens with zero attached hydrogens (tertiary/aromatic N) is 2. The van der Waals surface area contributed by atoms with Gasteiger partial charge in [0.1, 0.15) is 6.04 Å². The van der Waals surface area contributed by atoms with Crippen LogP contribution in [-0.4, -0.2) is 27.1 Å². The second kappa shape index (κ2) is 4.88. The summed E-state index contributed by atoms with van der Waals surface area (Å²) in [6.07, 6.45) is 1.66. The van der Waals surface area contributed by atoms with Crippen molar-refractivity contribution in [2.45, 2.75) is 19.5 Å². The van der Waals surface area contributed by atoms with Gasteiger partial charge < -0.3 is 5.11 Å². The number of hydrogen-bond acceptors (Lipinski definition) is 4. The lowest BCUT2D eigenvalue weighted by molar-refractivity contribution is -0.139. The van der Waals surface area contributed by atoms with Crippen LogP contribution in [0.15, 0.2) is 30.5 Å². The molecule has 5 heteroatoms. The maximum Gasteiger partial charge on any atom is 0.320 e. The summed E-state index contributed by atoms with van der Waals surface area (Å²) in [6.45, 7) is 1.99. The molecule has 0 aliphatic heterocycles. The molecular weight excluding hydrogens is 218 g/mol.